The van der Waals surface area contributed by atoms with Crippen molar-refractivity contribution in [3.8, 4) is 0 Å². The number of hydrogen-bond acceptors (Lipinski definition) is 4. The van der Waals surface area contributed by atoms with E-state index < -0.39 is 11.8 Å². The third-order valence-electron chi connectivity index (χ3n) is 5.95. The molecule has 2 aliphatic heterocycles. The van der Waals surface area contributed by atoms with E-state index in [2.05, 4.69) is 12.2 Å². The Morgan fingerprint density at radius 3 is 2.39 bits per heavy atom. The number of rotatable bonds is 5. The van der Waals surface area contributed by atoms with Crippen molar-refractivity contribution in [3.63, 3.8) is 0 Å². The largest absolute Gasteiger partial charge is 0.350 e. The van der Waals surface area contributed by atoms with Crippen LogP contribution in [0.2, 0.25) is 10.0 Å². The van der Waals surface area contributed by atoms with Crippen molar-refractivity contribution in [2.75, 3.05) is 16.8 Å². The molecule has 6 nitrogen and oxygen atoms in total. The zero-order valence-corrected chi connectivity index (χ0v) is 20.2. The summed E-state index contributed by atoms with van der Waals surface area (Å²) in [7, 11) is 0. The molecule has 0 radical (unpaired) electrons. The molecule has 0 aliphatic carbocycles. The fourth-order valence-electron chi connectivity index (χ4n) is 4.17. The quantitative estimate of drug-likeness (QED) is 0.518. The molecule has 2 heterocycles. The van der Waals surface area contributed by atoms with Crippen LogP contribution in [0.3, 0.4) is 0 Å². The second-order valence-corrected chi connectivity index (χ2v) is 9.18. The predicted octanol–water partition coefficient (Wildman–Crippen LogP) is 5.83. The summed E-state index contributed by atoms with van der Waals surface area (Å²) in [5.41, 5.74) is 1.32. The average molecular weight is 507 g/mol. The monoisotopic (exact) mass is 505 g/mol. The Bertz CT molecular complexity index is 1150. The summed E-state index contributed by atoms with van der Waals surface area (Å²) in [6.07, 6.45) is 4.12. The van der Waals surface area contributed by atoms with Crippen LogP contribution in [0.15, 0.2) is 53.2 Å². The second-order valence-electron chi connectivity index (χ2n) is 7.99. The van der Waals surface area contributed by atoms with Gasteiger partial charge in [0.15, 0.2) is 0 Å². The standard InChI is InChI=1S/C24H22Cl3N3O3/c1-2-16-5-3-4-12-29(16)22(31)14-6-8-15(9-7-14)28-21-20(27)23(32)30(24(21)33)17-10-11-18(25)19(26)13-17/h6-11,13,16,28H,2-5,12H2,1H3. The molecule has 0 spiro atoms. The summed E-state index contributed by atoms with van der Waals surface area (Å²) >= 11 is 18.1. The maximum Gasteiger partial charge on any atom is 0.283 e. The number of likely N-dealkylation sites (tertiary alicyclic amines) is 1. The molecule has 1 N–H and O–H groups in total. The summed E-state index contributed by atoms with van der Waals surface area (Å²) in [5.74, 6) is -1.27. The molecule has 1 fully saturated rings. The maximum absolute atomic E-state index is 13.0. The lowest BCUT2D eigenvalue weighted by atomic mass is 9.99. The van der Waals surface area contributed by atoms with Gasteiger partial charge in [-0.1, -0.05) is 41.7 Å². The first kappa shape index (κ1) is 23.6. The fourth-order valence-corrected chi connectivity index (χ4v) is 4.67. The number of carbonyl (C=O) groups excluding carboxylic acids is 3. The van der Waals surface area contributed by atoms with Crippen LogP contribution in [-0.2, 0) is 9.59 Å². The molecule has 1 atom stereocenters. The third kappa shape index (κ3) is 4.60. The number of hydrogen-bond donors (Lipinski definition) is 1. The minimum absolute atomic E-state index is 0.00302. The van der Waals surface area contributed by atoms with Crippen LogP contribution in [0.1, 0.15) is 43.0 Å². The Morgan fingerprint density at radius 2 is 1.73 bits per heavy atom. The van der Waals surface area contributed by atoms with E-state index >= 15 is 0 Å². The first-order valence-corrected chi connectivity index (χ1v) is 11.9. The van der Waals surface area contributed by atoms with Crippen LogP contribution in [0, 0.1) is 0 Å². The van der Waals surface area contributed by atoms with Gasteiger partial charge in [0.25, 0.3) is 17.7 Å². The minimum atomic E-state index is -0.662. The average Bonchev–Trinajstić information content (AvgIpc) is 3.04. The Hall–Kier alpha value is -2.54. The van der Waals surface area contributed by atoms with E-state index in [1.807, 2.05) is 4.90 Å². The van der Waals surface area contributed by atoms with Crippen LogP contribution in [0.4, 0.5) is 11.4 Å². The molecular formula is C24H22Cl3N3O3. The number of nitrogens with one attached hydrogen (secondary N) is 1. The highest BCUT2D eigenvalue weighted by molar-refractivity contribution is 6.53. The van der Waals surface area contributed by atoms with Gasteiger partial charge in [0.1, 0.15) is 10.7 Å². The van der Waals surface area contributed by atoms with Crippen molar-refractivity contribution >= 4 is 63.9 Å². The smallest absolute Gasteiger partial charge is 0.283 e. The lowest BCUT2D eigenvalue weighted by molar-refractivity contribution is -0.120. The van der Waals surface area contributed by atoms with Crippen molar-refractivity contribution in [2.24, 2.45) is 0 Å². The summed E-state index contributed by atoms with van der Waals surface area (Å²) in [6, 6.07) is 11.5. The molecule has 2 aromatic carbocycles. The van der Waals surface area contributed by atoms with Gasteiger partial charge in [-0.15, -0.1) is 0 Å². The molecule has 2 aliphatic rings. The number of benzene rings is 2. The Labute approximate surface area is 207 Å². The lowest BCUT2D eigenvalue weighted by Gasteiger charge is -2.35. The van der Waals surface area contributed by atoms with E-state index in [0.29, 0.717) is 16.3 Å². The van der Waals surface area contributed by atoms with Gasteiger partial charge in [-0.25, -0.2) is 4.90 Å². The normalized spacial score (nSPS) is 18.8. The number of amides is 3. The molecule has 2 aromatic rings. The van der Waals surface area contributed by atoms with Gasteiger partial charge < -0.3 is 10.2 Å². The Kier molecular flexibility index (Phi) is 6.98. The summed E-state index contributed by atoms with van der Waals surface area (Å²) in [5, 5.41) is 3.20. The molecule has 33 heavy (non-hydrogen) atoms. The van der Waals surface area contributed by atoms with Crippen molar-refractivity contribution in [2.45, 2.75) is 38.6 Å². The van der Waals surface area contributed by atoms with Gasteiger partial charge in [-0.2, -0.15) is 0 Å². The maximum atomic E-state index is 13.0. The van der Waals surface area contributed by atoms with Gasteiger partial charge in [-0.05, 0) is 68.1 Å². The Balaban J connectivity index is 1.50. The van der Waals surface area contributed by atoms with Crippen molar-refractivity contribution in [1.29, 1.82) is 0 Å². The van der Waals surface area contributed by atoms with E-state index in [4.69, 9.17) is 34.8 Å². The predicted molar refractivity (Wildman–Crippen MR) is 131 cm³/mol. The molecule has 1 saturated heterocycles. The first-order valence-electron chi connectivity index (χ1n) is 10.7. The van der Waals surface area contributed by atoms with Gasteiger partial charge in [0.05, 0.1) is 15.7 Å². The van der Waals surface area contributed by atoms with Gasteiger partial charge in [0, 0.05) is 23.8 Å². The summed E-state index contributed by atoms with van der Waals surface area (Å²) in [4.78, 5) is 41.4. The molecule has 3 amide bonds. The van der Waals surface area contributed by atoms with Crippen LogP contribution in [0.5, 0.6) is 0 Å². The minimum Gasteiger partial charge on any atom is -0.350 e. The Morgan fingerprint density at radius 1 is 1.00 bits per heavy atom. The molecule has 0 aromatic heterocycles. The highest BCUT2D eigenvalue weighted by Gasteiger charge is 2.39. The van der Waals surface area contributed by atoms with Crippen LogP contribution < -0.4 is 10.2 Å². The fraction of sp³-hybridized carbons (Fsp3) is 0.292. The van der Waals surface area contributed by atoms with E-state index in [1.54, 1.807) is 24.3 Å². The van der Waals surface area contributed by atoms with E-state index in [9.17, 15) is 14.4 Å². The van der Waals surface area contributed by atoms with Crippen LogP contribution in [0.25, 0.3) is 0 Å². The van der Waals surface area contributed by atoms with Crippen LogP contribution in [-0.4, -0.2) is 35.2 Å². The number of nitrogens with zero attached hydrogens (tertiary/aromatic N) is 2. The van der Waals surface area contributed by atoms with Crippen molar-refractivity contribution in [1.82, 2.24) is 4.90 Å². The topological polar surface area (TPSA) is 69.7 Å². The van der Waals surface area contributed by atoms with Gasteiger partial charge in [-0.3, -0.25) is 14.4 Å². The zero-order chi connectivity index (χ0) is 23.7. The SMILES string of the molecule is CCC1CCCCN1C(=O)c1ccc(NC2=C(Cl)C(=O)N(c3ccc(Cl)c(Cl)c3)C2=O)cc1. The summed E-state index contributed by atoms with van der Waals surface area (Å²) < 4.78 is 0. The molecule has 4 rings (SSSR count). The molecule has 0 saturated carbocycles. The third-order valence-corrected chi connectivity index (χ3v) is 7.04. The van der Waals surface area contributed by atoms with Crippen molar-refractivity contribution < 1.29 is 14.4 Å². The zero-order valence-electron chi connectivity index (χ0n) is 17.9. The molecule has 172 valence electrons. The summed E-state index contributed by atoms with van der Waals surface area (Å²) in [6.45, 7) is 2.86. The number of imide groups is 1. The highest BCUT2D eigenvalue weighted by Crippen LogP contribution is 2.33. The molecule has 1 unspecified atom stereocenters. The number of piperidine rings is 1. The van der Waals surface area contributed by atoms with E-state index in [0.717, 1.165) is 37.1 Å². The highest BCUT2D eigenvalue weighted by atomic mass is 35.5. The molecular weight excluding hydrogens is 485 g/mol. The van der Waals surface area contributed by atoms with Gasteiger partial charge in [0.2, 0.25) is 0 Å². The van der Waals surface area contributed by atoms with E-state index in [1.165, 1.54) is 18.2 Å². The number of anilines is 2. The lowest BCUT2D eigenvalue weighted by Crippen LogP contribution is -2.43. The number of carbonyl (C=O) groups is 3. The molecule has 0 bridgehead atoms. The van der Waals surface area contributed by atoms with Crippen LogP contribution >= 0.6 is 34.8 Å². The first-order chi connectivity index (χ1) is 15.8. The van der Waals surface area contributed by atoms with E-state index in [-0.39, 0.29) is 33.4 Å². The molecule has 9 heteroatoms. The number of halogens is 3. The second kappa shape index (κ2) is 9.75. The van der Waals surface area contributed by atoms with Gasteiger partial charge >= 0.3 is 0 Å². The van der Waals surface area contributed by atoms with Crippen molar-refractivity contribution in [3.05, 3.63) is 68.8 Å².